The number of carbonyl (C=O) groups is 1. The van der Waals surface area contributed by atoms with Gasteiger partial charge in [-0.05, 0) is 12.1 Å². The second-order valence-corrected chi connectivity index (χ2v) is 4.11. The third-order valence-electron chi connectivity index (χ3n) is 2.77. The Kier molecular flexibility index (Phi) is 2.72. The van der Waals surface area contributed by atoms with E-state index < -0.39 is 0 Å². The molecule has 0 saturated heterocycles. The lowest BCUT2D eigenvalue weighted by Crippen LogP contribution is -2.16. The summed E-state index contributed by atoms with van der Waals surface area (Å²) in [4.78, 5) is 12.0. The zero-order valence-corrected chi connectivity index (χ0v) is 9.80. The molecular formula is C13H13N3O2. The molecule has 1 aliphatic heterocycles. The third kappa shape index (κ3) is 2.07. The normalized spacial score (nSPS) is 13.6. The number of para-hydroxylation sites is 1. The summed E-state index contributed by atoms with van der Waals surface area (Å²) in [7, 11) is 0. The molecule has 0 saturated carbocycles. The molecule has 2 heterocycles. The highest BCUT2D eigenvalue weighted by Gasteiger charge is 2.17. The van der Waals surface area contributed by atoms with Crippen LogP contribution in [0.15, 0.2) is 36.4 Å². The van der Waals surface area contributed by atoms with E-state index in [0.717, 1.165) is 18.7 Å². The van der Waals surface area contributed by atoms with Crippen LogP contribution in [0, 0.1) is 0 Å². The lowest BCUT2D eigenvalue weighted by molar-refractivity contribution is 0.102. The molecule has 1 aliphatic rings. The average Bonchev–Trinajstić information content (AvgIpc) is 2.84. The van der Waals surface area contributed by atoms with E-state index in [1.165, 1.54) is 0 Å². The van der Waals surface area contributed by atoms with Crippen LogP contribution in [-0.2, 0) is 6.54 Å². The molecule has 1 aromatic heterocycles. The number of anilines is 1. The molecule has 0 spiro atoms. The maximum Gasteiger partial charge on any atom is 0.276 e. The lowest BCUT2D eigenvalue weighted by Gasteiger charge is -2.13. The van der Waals surface area contributed by atoms with Crippen molar-refractivity contribution in [1.29, 1.82) is 0 Å². The Labute approximate surface area is 104 Å². The topological polar surface area (TPSA) is 56.2 Å². The Morgan fingerprint density at radius 3 is 2.94 bits per heavy atom. The first-order chi connectivity index (χ1) is 8.83. The van der Waals surface area contributed by atoms with Crippen molar-refractivity contribution in [2.45, 2.75) is 13.0 Å². The molecule has 5 heteroatoms. The van der Waals surface area contributed by atoms with E-state index in [4.69, 9.17) is 4.74 Å². The van der Waals surface area contributed by atoms with Crippen molar-refractivity contribution in [3.63, 3.8) is 0 Å². The molecule has 0 fully saturated rings. The van der Waals surface area contributed by atoms with Crippen LogP contribution in [0.4, 0.5) is 5.69 Å². The minimum Gasteiger partial charge on any atom is -0.478 e. The van der Waals surface area contributed by atoms with E-state index in [0.29, 0.717) is 18.2 Å². The first kappa shape index (κ1) is 10.8. The molecule has 0 aliphatic carbocycles. The molecule has 2 aromatic rings. The van der Waals surface area contributed by atoms with Crippen molar-refractivity contribution < 1.29 is 9.53 Å². The summed E-state index contributed by atoms with van der Waals surface area (Å²) in [6.07, 6.45) is 0.925. The van der Waals surface area contributed by atoms with Crippen molar-refractivity contribution in [3.05, 3.63) is 42.1 Å². The molecule has 92 valence electrons. The van der Waals surface area contributed by atoms with Gasteiger partial charge in [0, 0.05) is 24.7 Å². The van der Waals surface area contributed by atoms with E-state index in [2.05, 4.69) is 10.4 Å². The van der Waals surface area contributed by atoms with Crippen LogP contribution in [0.3, 0.4) is 0 Å². The molecule has 5 nitrogen and oxygen atoms in total. The van der Waals surface area contributed by atoms with Gasteiger partial charge in [0.1, 0.15) is 0 Å². The van der Waals surface area contributed by atoms with Gasteiger partial charge in [0.05, 0.1) is 6.61 Å². The number of nitrogens with one attached hydrogen (secondary N) is 1. The fraction of sp³-hybridized carbons (Fsp3) is 0.231. The predicted octanol–water partition coefficient (Wildman–Crippen LogP) is 1.92. The fourth-order valence-corrected chi connectivity index (χ4v) is 1.89. The second kappa shape index (κ2) is 4.52. The molecule has 1 aromatic carbocycles. The molecule has 3 rings (SSSR count). The van der Waals surface area contributed by atoms with Crippen molar-refractivity contribution in [3.8, 4) is 5.88 Å². The smallest absolute Gasteiger partial charge is 0.276 e. The molecule has 0 unspecified atom stereocenters. The van der Waals surface area contributed by atoms with Gasteiger partial charge < -0.3 is 10.1 Å². The van der Waals surface area contributed by atoms with Crippen LogP contribution in [-0.4, -0.2) is 22.3 Å². The zero-order valence-electron chi connectivity index (χ0n) is 9.80. The predicted molar refractivity (Wildman–Crippen MR) is 66.7 cm³/mol. The largest absolute Gasteiger partial charge is 0.478 e. The first-order valence-corrected chi connectivity index (χ1v) is 5.90. The SMILES string of the molecule is O=C(Nc1ccccc1)c1cc2n(n1)CCCO2. The Morgan fingerprint density at radius 2 is 2.17 bits per heavy atom. The van der Waals surface area contributed by atoms with Crippen molar-refractivity contribution in [2.75, 3.05) is 11.9 Å². The van der Waals surface area contributed by atoms with Gasteiger partial charge in [0.15, 0.2) is 5.69 Å². The number of fused-ring (bicyclic) bond motifs is 1. The van der Waals surface area contributed by atoms with Crippen molar-refractivity contribution in [1.82, 2.24) is 9.78 Å². The third-order valence-corrected chi connectivity index (χ3v) is 2.77. The highest BCUT2D eigenvalue weighted by Crippen LogP contribution is 2.19. The molecule has 18 heavy (non-hydrogen) atoms. The number of aryl methyl sites for hydroxylation is 1. The number of hydrogen-bond acceptors (Lipinski definition) is 3. The first-order valence-electron chi connectivity index (χ1n) is 5.90. The molecule has 0 bridgehead atoms. The number of carbonyl (C=O) groups excluding carboxylic acids is 1. The summed E-state index contributed by atoms with van der Waals surface area (Å²) in [5.41, 5.74) is 1.14. The zero-order chi connectivity index (χ0) is 12.4. The molecule has 1 N–H and O–H groups in total. The standard InChI is InChI=1S/C13H13N3O2/c17-13(14-10-5-2-1-3-6-10)11-9-12-16(15-11)7-4-8-18-12/h1-3,5-6,9H,4,7-8H2,(H,14,17). The van der Waals surface area contributed by atoms with Gasteiger partial charge >= 0.3 is 0 Å². The Balaban J connectivity index is 1.78. The second-order valence-electron chi connectivity index (χ2n) is 4.11. The minimum absolute atomic E-state index is 0.216. The van der Waals surface area contributed by atoms with E-state index in [1.54, 1.807) is 10.7 Å². The van der Waals surface area contributed by atoms with Crippen molar-refractivity contribution in [2.24, 2.45) is 0 Å². The molecule has 0 radical (unpaired) electrons. The summed E-state index contributed by atoms with van der Waals surface area (Å²) in [6, 6.07) is 11.0. The molecule has 0 atom stereocenters. The van der Waals surface area contributed by atoms with E-state index in [-0.39, 0.29) is 5.91 Å². The Morgan fingerprint density at radius 1 is 1.33 bits per heavy atom. The Bertz CT molecular complexity index is 539. The highest BCUT2D eigenvalue weighted by atomic mass is 16.5. The van der Waals surface area contributed by atoms with Crippen LogP contribution in [0.2, 0.25) is 0 Å². The van der Waals surface area contributed by atoms with Crippen LogP contribution in [0.5, 0.6) is 5.88 Å². The van der Waals surface area contributed by atoms with Crippen LogP contribution < -0.4 is 10.1 Å². The number of amides is 1. The average molecular weight is 243 g/mol. The van der Waals surface area contributed by atoms with Gasteiger partial charge in [0.25, 0.3) is 5.91 Å². The quantitative estimate of drug-likeness (QED) is 0.876. The fourth-order valence-electron chi connectivity index (χ4n) is 1.89. The Hall–Kier alpha value is -2.30. The van der Waals surface area contributed by atoms with Crippen LogP contribution >= 0.6 is 0 Å². The molecule has 1 amide bonds. The number of benzene rings is 1. The molecular weight excluding hydrogens is 230 g/mol. The number of aromatic nitrogens is 2. The number of hydrogen-bond donors (Lipinski definition) is 1. The van der Waals surface area contributed by atoms with Gasteiger partial charge in [-0.15, -0.1) is 0 Å². The van der Waals surface area contributed by atoms with Gasteiger partial charge in [-0.3, -0.25) is 4.79 Å². The van der Waals surface area contributed by atoms with Gasteiger partial charge in [0.2, 0.25) is 5.88 Å². The van der Waals surface area contributed by atoms with Crippen LogP contribution in [0.25, 0.3) is 0 Å². The highest BCUT2D eigenvalue weighted by molar-refractivity contribution is 6.03. The minimum atomic E-state index is -0.216. The summed E-state index contributed by atoms with van der Waals surface area (Å²) in [5, 5.41) is 7.02. The summed E-state index contributed by atoms with van der Waals surface area (Å²) in [6.45, 7) is 1.49. The maximum absolute atomic E-state index is 12.0. The summed E-state index contributed by atoms with van der Waals surface area (Å²) in [5.74, 6) is 0.450. The van der Waals surface area contributed by atoms with E-state index >= 15 is 0 Å². The van der Waals surface area contributed by atoms with E-state index in [1.807, 2.05) is 30.3 Å². The van der Waals surface area contributed by atoms with Gasteiger partial charge in [-0.2, -0.15) is 5.10 Å². The lowest BCUT2D eigenvalue weighted by atomic mass is 10.3. The van der Waals surface area contributed by atoms with Crippen LogP contribution in [0.1, 0.15) is 16.9 Å². The summed E-state index contributed by atoms with van der Waals surface area (Å²) < 4.78 is 7.15. The van der Waals surface area contributed by atoms with E-state index in [9.17, 15) is 4.79 Å². The number of nitrogens with zero attached hydrogens (tertiary/aromatic N) is 2. The summed E-state index contributed by atoms with van der Waals surface area (Å²) >= 11 is 0. The maximum atomic E-state index is 12.0. The van der Waals surface area contributed by atoms with Crippen molar-refractivity contribution >= 4 is 11.6 Å². The number of rotatable bonds is 2. The monoisotopic (exact) mass is 243 g/mol. The van der Waals surface area contributed by atoms with Gasteiger partial charge in [-0.25, -0.2) is 4.68 Å². The van der Waals surface area contributed by atoms with Gasteiger partial charge in [-0.1, -0.05) is 18.2 Å². The number of ether oxygens (including phenoxy) is 1.